The molecule has 0 bridgehead atoms. The number of rotatable bonds is 9. The molecule has 0 saturated heterocycles. The average Bonchev–Trinajstić information content (AvgIpc) is 3.15. The maximum absolute atomic E-state index is 11.7. The van der Waals surface area contributed by atoms with Gasteiger partial charge in [-0.05, 0) is 92.1 Å². The van der Waals surface area contributed by atoms with E-state index in [0.29, 0.717) is 12.3 Å². The van der Waals surface area contributed by atoms with Crippen molar-refractivity contribution in [1.82, 2.24) is 0 Å². The van der Waals surface area contributed by atoms with Crippen molar-refractivity contribution in [3.05, 3.63) is 35.8 Å². The Morgan fingerprint density at radius 2 is 2.03 bits per heavy atom. The van der Waals surface area contributed by atoms with Gasteiger partial charge in [-0.2, -0.15) is 8.42 Å². The minimum absolute atomic E-state index is 0.0159. The smallest absolute Gasteiger partial charge is 0.397 e. The Balaban J connectivity index is 1.77. The Labute approximate surface area is 188 Å². The highest BCUT2D eigenvalue weighted by Gasteiger charge is 2.52. The number of fused-ring (bicyclic) bond motifs is 1. The maximum atomic E-state index is 11.7. The highest BCUT2D eigenvalue weighted by molar-refractivity contribution is 7.80. The molecule has 1 aromatic rings. The number of furan rings is 1. The molecule has 6 heteroatoms. The van der Waals surface area contributed by atoms with Crippen LogP contribution in [0.3, 0.4) is 0 Å². The van der Waals surface area contributed by atoms with E-state index < -0.39 is 16.5 Å². The zero-order valence-corrected chi connectivity index (χ0v) is 20.6. The third-order valence-electron chi connectivity index (χ3n) is 8.35. The highest BCUT2D eigenvalue weighted by Crippen LogP contribution is 2.60. The van der Waals surface area contributed by atoms with Crippen LogP contribution in [-0.2, 0) is 21.0 Å². The number of hydrogen-bond acceptors (Lipinski definition) is 4. The first-order chi connectivity index (χ1) is 14.4. The van der Waals surface area contributed by atoms with E-state index in [4.69, 9.17) is 8.60 Å². The molecule has 1 saturated carbocycles. The van der Waals surface area contributed by atoms with Crippen LogP contribution in [0.2, 0.25) is 0 Å². The Bertz CT molecular complexity index is 854. The summed E-state index contributed by atoms with van der Waals surface area (Å²) in [7, 11) is -4.51. The van der Waals surface area contributed by atoms with E-state index in [-0.39, 0.29) is 22.7 Å². The summed E-state index contributed by atoms with van der Waals surface area (Å²) in [5, 5.41) is 0. The predicted octanol–water partition coefficient (Wildman–Crippen LogP) is 6.62. The second-order valence-corrected chi connectivity index (χ2v) is 12.0. The van der Waals surface area contributed by atoms with Crippen molar-refractivity contribution in [1.29, 1.82) is 0 Å². The number of allylic oxidation sites excluding steroid dienone is 2. The van der Waals surface area contributed by atoms with E-state index in [1.165, 1.54) is 18.4 Å². The second kappa shape index (κ2) is 9.40. The van der Waals surface area contributed by atoms with Crippen molar-refractivity contribution in [2.45, 2.75) is 92.1 Å². The summed E-state index contributed by atoms with van der Waals surface area (Å²) in [5.74, 6) is 0.848. The lowest BCUT2D eigenvalue weighted by Crippen LogP contribution is -2.49. The molecule has 0 aliphatic heterocycles. The summed E-state index contributed by atoms with van der Waals surface area (Å²) in [6, 6.07) is 1.96. The lowest BCUT2D eigenvalue weighted by atomic mass is 9.48. The van der Waals surface area contributed by atoms with Crippen molar-refractivity contribution in [3.63, 3.8) is 0 Å². The first kappa shape index (κ1) is 24.5. The fourth-order valence-electron chi connectivity index (χ4n) is 6.60. The standard InChI is InChI=1S/C25H40O5S/c1-18-10-11-23-24(3,4)13-7-14-25(23,5)21(18)16-22(30-31(26,27)28)19(2)8-6-9-20-12-15-29-17-20/h10,12,15,17,19,21-23H,6-9,11,13-14,16H2,1-5H3,(H,26,27,28). The van der Waals surface area contributed by atoms with Crippen LogP contribution in [0.15, 0.2) is 34.7 Å². The van der Waals surface area contributed by atoms with Gasteiger partial charge in [0.2, 0.25) is 0 Å². The molecule has 0 aromatic carbocycles. The van der Waals surface area contributed by atoms with Crippen molar-refractivity contribution < 1.29 is 21.6 Å². The molecule has 31 heavy (non-hydrogen) atoms. The molecule has 0 radical (unpaired) electrons. The maximum Gasteiger partial charge on any atom is 0.397 e. The van der Waals surface area contributed by atoms with Gasteiger partial charge in [-0.25, -0.2) is 4.18 Å². The normalized spacial score (nSPS) is 30.3. The first-order valence-electron chi connectivity index (χ1n) is 11.8. The van der Waals surface area contributed by atoms with Crippen molar-refractivity contribution in [2.75, 3.05) is 0 Å². The van der Waals surface area contributed by atoms with Gasteiger partial charge in [0.25, 0.3) is 0 Å². The van der Waals surface area contributed by atoms with Gasteiger partial charge in [-0.3, -0.25) is 4.55 Å². The molecule has 2 aliphatic carbocycles. The highest BCUT2D eigenvalue weighted by atomic mass is 32.3. The Hall–Kier alpha value is -1.11. The third kappa shape index (κ3) is 5.82. The molecule has 5 atom stereocenters. The second-order valence-electron chi connectivity index (χ2n) is 10.9. The molecule has 1 aromatic heterocycles. The van der Waals surface area contributed by atoms with Crippen LogP contribution >= 0.6 is 0 Å². The van der Waals surface area contributed by atoms with Gasteiger partial charge < -0.3 is 4.42 Å². The SMILES string of the molecule is CC1=CCC2C(C)(C)CCCC2(C)C1CC(OS(=O)(=O)O)C(C)CCCc1ccoc1. The Morgan fingerprint density at radius 3 is 2.68 bits per heavy atom. The minimum atomic E-state index is -4.51. The molecule has 176 valence electrons. The van der Waals surface area contributed by atoms with Crippen molar-refractivity contribution >= 4 is 10.4 Å². The number of hydrogen-bond donors (Lipinski definition) is 1. The number of aryl methyl sites for hydroxylation is 1. The molecule has 0 amide bonds. The fraction of sp³-hybridized carbons (Fsp3) is 0.760. The molecule has 5 unspecified atom stereocenters. The summed E-state index contributed by atoms with van der Waals surface area (Å²) in [6.45, 7) is 11.4. The Kier molecular flexibility index (Phi) is 7.44. The van der Waals surface area contributed by atoms with Gasteiger partial charge >= 0.3 is 10.4 Å². The van der Waals surface area contributed by atoms with Gasteiger partial charge in [-0.1, -0.05) is 45.8 Å². The first-order valence-corrected chi connectivity index (χ1v) is 13.1. The van der Waals surface area contributed by atoms with E-state index in [2.05, 4.69) is 33.8 Å². The molecular weight excluding hydrogens is 412 g/mol. The van der Waals surface area contributed by atoms with Crippen LogP contribution in [0.5, 0.6) is 0 Å². The van der Waals surface area contributed by atoms with Gasteiger partial charge in [0.15, 0.2) is 0 Å². The van der Waals surface area contributed by atoms with E-state index in [1.54, 1.807) is 12.5 Å². The molecule has 1 N–H and O–H groups in total. The largest absolute Gasteiger partial charge is 0.472 e. The lowest BCUT2D eigenvalue weighted by molar-refractivity contribution is -0.0517. The van der Waals surface area contributed by atoms with Crippen LogP contribution in [0, 0.1) is 28.6 Å². The Morgan fingerprint density at radius 1 is 1.29 bits per heavy atom. The van der Waals surface area contributed by atoms with Crippen molar-refractivity contribution in [3.8, 4) is 0 Å². The van der Waals surface area contributed by atoms with Crippen molar-refractivity contribution in [2.24, 2.45) is 28.6 Å². The molecule has 0 spiro atoms. The lowest BCUT2D eigenvalue weighted by Gasteiger charge is -2.57. The summed E-state index contributed by atoms with van der Waals surface area (Å²) >= 11 is 0. The monoisotopic (exact) mass is 452 g/mol. The summed E-state index contributed by atoms with van der Waals surface area (Å²) < 4.78 is 43.3. The predicted molar refractivity (Wildman–Crippen MR) is 123 cm³/mol. The summed E-state index contributed by atoms with van der Waals surface area (Å²) in [6.07, 6.45) is 13.2. The zero-order chi connectivity index (χ0) is 22.9. The topological polar surface area (TPSA) is 76.7 Å². The molecular formula is C25H40O5S. The zero-order valence-electron chi connectivity index (χ0n) is 19.8. The third-order valence-corrected chi connectivity index (χ3v) is 8.84. The summed E-state index contributed by atoms with van der Waals surface area (Å²) in [5.41, 5.74) is 2.88. The van der Waals surface area contributed by atoms with Crippen LogP contribution in [0.25, 0.3) is 0 Å². The van der Waals surface area contributed by atoms with Crippen LogP contribution in [0.1, 0.15) is 85.1 Å². The van der Waals surface area contributed by atoms with Gasteiger partial charge in [0.05, 0.1) is 18.6 Å². The van der Waals surface area contributed by atoms with E-state index in [9.17, 15) is 13.0 Å². The molecule has 2 aliphatic rings. The van der Waals surface area contributed by atoms with Crippen LogP contribution in [-0.4, -0.2) is 19.1 Å². The quantitative estimate of drug-likeness (QED) is 0.337. The van der Waals surface area contributed by atoms with E-state index in [0.717, 1.165) is 37.7 Å². The minimum Gasteiger partial charge on any atom is -0.472 e. The van der Waals surface area contributed by atoms with Crippen LogP contribution in [0.4, 0.5) is 0 Å². The van der Waals surface area contributed by atoms with Gasteiger partial charge in [0.1, 0.15) is 0 Å². The molecule has 3 rings (SSSR count). The van der Waals surface area contributed by atoms with E-state index in [1.807, 2.05) is 13.0 Å². The van der Waals surface area contributed by atoms with Gasteiger partial charge in [-0.15, -0.1) is 0 Å². The molecule has 1 heterocycles. The van der Waals surface area contributed by atoms with E-state index >= 15 is 0 Å². The average molecular weight is 453 g/mol. The molecule has 5 nitrogen and oxygen atoms in total. The van der Waals surface area contributed by atoms with Crippen LogP contribution < -0.4 is 0 Å². The van der Waals surface area contributed by atoms with Gasteiger partial charge in [0, 0.05) is 0 Å². The fourth-order valence-corrected chi connectivity index (χ4v) is 7.18. The molecule has 1 fully saturated rings. The summed E-state index contributed by atoms with van der Waals surface area (Å²) in [4.78, 5) is 0.